The molecule has 3 aromatic rings. The van der Waals surface area contributed by atoms with Crippen LogP contribution in [0.15, 0.2) is 52.3 Å². The quantitative estimate of drug-likeness (QED) is 0.653. The molecule has 3 rings (SSSR count). The van der Waals surface area contributed by atoms with Crippen LogP contribution in [0.4, 0.5) is 5.69 Å². The average Bonchev–Trinajstić information content (AvgIpc) is 2.69. The molecule has 1 amide bonds. The number of carbonyl (C=O) groups is 1. The Hall–Kier alpha value is -3.13. The molecule has 0 saturated heterocycles. The van der Waals surface area contributed by atoms with E-state index in [1.54, 1.807) is 26.0 Å². The largest absolute Gasteiger partial charge is 0.360 e. The molecule has 0 bridgehead atoms. The number of hydrogen-bond acceptors (Lipinski definition) is 4. The zero-order chi connectivity index (χ0) is 22.2. The highest BCUT2D eigenvalue weighted by molar-refractivity contribution is 7.92. The van der Waals surface area contributed by atoms with Gasteiger partial charge in [-0.15, -0.1) is 0 Å². The topological polar surface area (TPSA) is 99.3 Å². The number of H-pyrrole nitrogens is 1. The lowest BCUT2D eigenvalue weighted by molar-refractivity contribution is 0.0942. The Morgan fingerprint density at radius 1 is 1.07 bits per heavy atom. The van der Waals surface area contributed by atoms with Crippen LogP contribution in [-0.2, 0) is 10.0 Å². The Morgan fingerprint density at radius 2 is 1.77 bits per heavy atom. The van der Waals surface area contributed by atoms with Crippen LogP contribution in [0.5, 0.6) is 0 Å². The normalized spacial score (nSPS) is 11.7. The van der Waals surface area contributed by atoms with E-state index in [0.29, 0.717) is 11.2 Å². The zero-order valence-corrected chi connectivity index (χ0v) is 18.4. The van der Waals surface area contributed by atoms with Crippen LogP contribution in [0.25, 0.3) is 10.9 Å². The maximum Gasteiger partial charge on any atom is 0.264 e. The second-order valence-corrected chi connectivity index (χ2v) is 9.58. The molecule has 0 fully saturated rings. The molecular weight excluding hydrogens is 402 g/mol. The number of fused-ring (bicyclic) bond motifs is 1. The monoisotopic (exact) mass is 427 g/mol. The molecular formula is C22H25N3O4S. The van der Waals surface area contributed by atoms with Gasteiger partial charge in [-0.2, -0.15) is 0 Å². The molecule has 8 heteroatoms. The number of sulfonamides is 1. The number of aryl methyl sites for hydroxylation is 2. The summed E-state index contributed by atoms with van der Waals surface area (Å²) < 4.78 is 27.5. The molecule has 30 heavy (non-hydrogen) atoms. The summed E-state index contributed by atoms with van der Waals surface area (Å²) >= 11 is 0. The van der Waals surface area contributed by atoms with E-state index in [-0.39, 0.29) is 21.9 Å². The van der Waals surface area contributed by atoms with E-state index in [0.717, 1.165) is 11.1 Å². The van der Waals surface area contributed by atoms with Gasteiger partial charge in [0.05, 0.1) is 10.6 Å². The van der Waals surface area contributed by atoms with Crippen LogP contribution in [0.2, 0.25) is 0 Å². The number of carbonyl (C=O) groups excluding carboxylic acids is 1. The fourth-order valence-electron chi connectivity index (χ4n) is 3.09. The van der Waals surface area contributed by atoms with Crippen molar-refractivity contribution in [3.63, 3.8) is 0 Å². The predicted molar refractivity (Wildman–Crippen MR) is 119 cm³/mol. The summed E-state index contributed by atoms with van der Waals surface area (Å²) in [6, 6.07) is 9.55. The Balaban J connectivity index is 2.09. The van der Waals surface area contributed by atoms with Crippen LogP contribution >= 0.6 is 0 Å². The van der Waals surface area contributed by atoms with Crippen LogP contribution in [0, 0.1) is 13.8 Å². The molecule has 2 aromatic carbocycles. The van der Waals surface area contributed by atoms with Gasteiger partial charge in [0.15, 0.2) is 0 Å². The van der Waals surface area contributed by atoms with Gasteiger partial charge >= 0.3 is 0 Å². The summed E-state index contributed by atoms with van der Waals surface area (Å²) in [5, 5.41) is 2.81. The van der Waals surface area contributed by atoms with E-state index >= 15 is 0 Å². The minimum atomic E-state index is -3.90. The van der Waals surface area contributed by atoms with Crippen molar-refractivity contribution in [3.8, 4) is 0 Å². The minimum Gasteiger partial charge on any atom is -0.360 e. The van der Waals surface area contributed by atoms with E-state index < -0.39 is 21.4 Å². The molecule has 158 valence electrons. The molecule has 0 aliphatic carbocycles. The Kier molecular flexibility index (Phi) is 5.72. The first-order valence-electron chi connectivity index (χ1n) is 9.55. The summed E-state index contributed by atoms with van der Waals surface area (Å²) in [6.45, 7) is 7.45. The second-order valence-electron chi connectivity index (χ2n) is 7.61. The maximum absolute atomic E-state index is 13.2. The van der Waals surface area contributed by atoms with Gasteiger partial charge in [-0.05, 0) is 69.2 Å². The van der Waals surface area contributed by atoms with Gasteiger partial charge in [0, 0.05) is 30.2 Å². The molecule has 1 heterocycles. The summed E-state index contributed by atoms with van der Waals surface area (Å²) in [6.07, 6.45) is 1.34. The first-order chi connectivity index (χ1) is 14.0. The SMILES string of the molecule is Cc1ccc(N(C)S(=O)(=O)c2ccc3[nH]cc(C(=O)NC(C)C)c(=O)c3c2)cc1C. The maximum atomic E-state index is 13.2. The molecule has 0 unspecified atom stereocenters. The molecule has 2 N–H and O–H groups in total. The number of amides is 1. The first-order valence-corrected chi connectivity index (χ1v) is 11.0. The molecule has 0 aliphatic rings. The van der Waals surface area contributed by atoms with Crippen molar-refractivity contribution < 1.29 is 13.2 Å². The van der Waals surface area contributed by atoms with Crippen molar-refractivity contribution in [3.05, 3.63) is 69.5 Å². The summed E-state index contributed by atoms with van der Waals surface area (Å²) in [5.74, 6) is -0.506. The van der Waals surface area contributed by atoms with E-state index in [2.05, 4.69) is 10.3 Å². The standard InChI is InChI=1S/C22H25N3O4S/c1-13(2)24-22(27)19-12-23-20-9-8-17(11-18(20)21(19)26)30(28,29)25(5)16-7-6-14(3)15(4)10-16/h6-13H,1-5H3,(H,23,26)(H,24,27). The smallest absolute Gasteiger partial charge is 0.264 e. The average molecular weight is 428 g/mol. The summed E-state index contributed by atoms with van der Waals surface area (Å²) in [7, 11) is -2.43. The lowest BCUT2D eigenvalue weighted by Gasteiger charge is -2.20. The summed E-state index contributed by atoms with van der Waals surface area (Å²) in [4.78, 5) is 28.0. The number of nitrogens with one attached hydrogen (secondary N) is 2. The van der Waals surface area contributed by atoms with Gasteiger partial charge in [-0.3, -0.25) is 13.9 Å². The number of rotatable bonds is 5. The second kappa shape index (κ2) is 7.95. The highest BCUT2D eigenvalue weighted by Crippen LogP contribution is 2.25. The Labute approximate surface area is 175 Å². The molecule has 7 nitrogen and oxygen atoms in total. The van der Waals surface area contributed by atoms with Crippen LogP contribution in [0.1, 0.15) is 35.3 Å². The molecule has 0 radical (unpaired) electrons. The third-order valence-electron chi connectivity index (χ3n) is 5.03. The lowest BCUT2D eigenvalue weighted by Crippen LogP contribution is -2.33. The summed E-state index contributed by atoms with van der Waals surface area (Å²) in [5.41, 5.74) is 2.44. The lowest BCUT2D eigenvalue weighted by atomic mass is 10.1. The number of anilines is 1. The molecule has 0 atom stereocenters. The predicted octanol–water partition coefficient (Wildman–Crippen LogP) is 3.11. The molecule has 0 saturated carbocycles. The highest BCUT2D eigenvalue weighted by atomic mass is 32.2. The highest BCUT2D eigenvalue weighted by Gasteiger charge is 2.23. The van der Waals surface area contributed by atoms with E-state index in [1.165, 1.54) is 35.7 Å². The van der Waals surface area contributed by atoms with Crippen molar-refractivity contribution in [2.45, 2.75) is 38.6 Å². The number of aromatic amines is 1. The van der Waals surface area contributed by atoms with Crippen molar-refractivity contribution in [2.75, 3.05) is 11.4 Å². The van der Waals surface area contributed by atoms with Crippen molar-refractivity contribution in [1.82, 2.24) is 10.3 Å². The van der Waals surface area contributed by atoms with Gasteiger partial charge in [0.1, 0.15) is 5.56 Å². The first kappa shape index (κ1) is 21.6. The minimum absolute atomic E-state index is 0.0253. The number of hydrogen-bond donors (Lipinski definition) is 2. The van der Waals surface area contributed by atoms with Gasteiger partial charge in [0.2, 0.25) is 5.43 Å². The van der Waals surface area contributed by atoms with Crippen LogP contribution < -0.4 is 15.1 Å². The third kappa shape index (κ3) is 3.95. The third-order valence-corrected chi connectivity index (χ3v) is 6.81. The Bertz CT molecular complexity index is 1290. The number of pyridine rings is 1. The van der Waals surface area contributed by atoms with Crippen LogP contribution in [-0.4, -0.2) is 32.4 Å². The molecule has 0 spiro atoms. The van der Waals surface area contributed by atoms with Gasteiger partial charge in [-0.25, -0.2) is 8.42 Å². The Morgan fingerprint density at radius 3 is 2.40 bits per heavy atom. The van der Waals surface area contributed by atoms with E-state index in [4.69, 9.17) is 0 Å². The number of aromatic nitrogens is 1. The van der Waals surface area contributed by atoms with E-state index in [1.807, 2.05) is 19.9 Å². The van der Waals surface area contributed by atoms with E-state index in [9.17, 15) is 18.0 Å². The fraction of sp³-hybridized carbons (Fsp3) is 0.273. The molecule has 1 aromatic heterocycles. The van der Waals surface area contributed by atoms with Crippen molar-refractivity contribution in [1.29, 1.82) is 0 Å². The van der Waals surface area contributed by atoms with Gasteiger partial charge in [-0.1, -0.05) is 6.07 Å². The van der Waals surface area contributed by atoms with Crippen molar-refractivity contribution >= 4 is 32.5 Å². The van der Waals surface area contributed by atoms with Gasteiger partial charge in [0.25, 0.3) is 15.9 Å². The van der Waals surface area contributed by atoms with Crippen LogP contribution in [0.3, 0.4) is 0 Å². The number of benzene rings is 2. The molecule has 0 aliphatic heterocycles. The van der Waals surface area contributed by atoms with Gasteiger partial charge < -0.3 is 10.3 Å². The zero-order valence-electron chi connectivity index (χ0n) is 17.6. The number of nitrogens with zero attached hydrogens (tertiary/aromatic N) is 1. The fourth-order valence-corrected chi connectivity index (χ4v) is 4.30. The van der Waals surface area contributed by atoms with Crippen molar-refractivity contribution in [2.24, 2.45) is 0 Å².